The van der Waals surface area contributed by atoms with Gasteiger partial charge in [0.2, 0.25) is 0 Å². The highest BCUT2D eigenvalue weighted by molar-refractivity contribution is 6.05. The van der Waals surface area contributed by atoms with Crippen LogP contribution in [-0.4, -0.2) is 25.5 Å². The van der Waals surface area contributed by atoms with Crippen molar-refractivity contribution in [2.75, 3.05) is 13.7 Å². The van der Waals surface area contributed by atoms with Gasteiger partial charge < -0.3 is 24.5 Å². The Balaban J connectivity index is 1.78. The molecule has 0 aliphatic rings. The van der Waals surface area contributed by atoms with Gasteiger partial charge in [0.15, 0.2) is 11.5 Å². The van der Waals surface area contributed by atoms with Gasteiger partial charge in [-0.15, -0.1) is 0 Å². The van der Waals surface area contributed by atoms with Crippen molar-refractivity contribution in [1.82, 2.24) is 10.6 Å². The molecule has 0 aliphatic carbocycles. The van der Waals surface area contributed by atoms with Crippen LogP contribution in [0.5, 0.6) is 11.5 Å². The van der Waals surface area contributed by atoms with Gasteiger partial charge >= 0.3 is 0 Å². The highest BCUT2D eigenvalue weighted by Gasteiger charge is 2.19. The van der Waals surface area contributed by atoms with Crippen LogP contribution in [0.25, 0.3) is 6.08 Å². The van der Waals surface area contributed by atoms with E-state index >= 15 is 0 Å². The Labute approximate surface area is 193 Å². The summed E-state index contributed by atoms with van der Waals surface area (Å²) in [7, 11) is 1.57. The second-order valence-corrected chi connectivity index (χ2v) is 7.35. The van der Waals surface area contributed by atoms with Gasteiger partial charge in [0, 0.05) is 11.6 Å². The van der Waals surface area contributed by atoms with Crippen LogP contribution < -0.4 is 20.1 Å². The number of ether oxygens (including phenoxy) is 2. The molecule has 2 amide bonds. The van der Waals surface area contributed by atoms with E-state index < -0.39 is 11.8 Å². The molecule has 0 spiro atoms. The average molecular weight is 449 g/mol. The van der Waals surface area contributed by atoms with Crippen molar-refractivity contribution in [3.05, 3.63) is 89.5 Å². The predicted octanol–water partition coefficient (Wildman–Crippen LogP) is 4.73. The van der Waals surface area contributed by atoms with Crippen molar-refractivity contribution in [1.29, 1.82) is 0 Å². The van der Waals surface area contributed by atoms with E-state index in [2.05, 4.69) is 10.6 Å². The van der Waals surface area contributed by atoms with Crippen LogP contribution in [0.3, 0.4) is 0 Å². The SMILES string of the molecule is CCCOc1ccc(C(C)NC(=O)/C(=C/c2ccco2)NC(=O)c2ccccc2)cc1OC. The van der Waals surface area contributed by atoms with Crippen molar-refractivity contribution in [2.24, 2.45) is 0 Å². The number of rotatable bonds is 10. The summed E-state index contributed by atoms with van der Waals surface area (Å²) in [6, 6.07) is 17.3. The van der Waals surface area contributed by atoms with Crippen LogP contribution in [-0.2, 0) is 4.79 Å². The fourth-order valence-electron chi connectivity index (χ4n) is 3.10. The highest BCUT2D eigenvalue weighted by Crippen LogP contribution is 2.30. The molecule has 7 nitrogen and oxygen atoms in total. The van der Waals surface area contributed by atoms with Gasteiger partial charge in [-0.1, -0.05) is 31.2 Å². The molecule has 1 atom stereocenters. The number of nitrogens with one attached hydrogen (secondary N) is 2. The van der Waals surface area contributed by atoms with Gasteiger partial charge in [-0.2, -0.15) is 0 Å². The number of carbonyl (C=O) groups is 2. The topological polar surface area (TPSA) is 89.8 Å². The first-order valence-electron chi connectivity index (χ1n) is 10.7. The molecule has 0 fully saturated rings. The number of carbonyl (C=O) groups excluding carboxylic acids is 2. The Hall–Kier alpha value is -4.00. The third kappa shape index (κ3) is 6.49. The molecule has 0 saturated heterocycles. The number of hydrogen-bond acceptors (Lipinski definition) is 5. The number of hydrogen-bond donors (Lipinski definition) is 2. The smallest absolute Gasteiger partial charge is 0.268 e. The molecule has 0 bridgehead atoms. The first-order chi connectivity index (χ1) is 16.0. The lowest BCUT2D eigenvalue weighted by molar-refractivity contribution is -0.118. The van der Waals surface area contributed by atoms with E-state index in [9.17, 15) is 9.59 Å². The first-order valence-corrected chi connectivity index (χ1v) is 10.7. The molecule has 3 rings (SSSR count). The molecular weight excluding hydrogens is 420 g/mol. The fourth-order valence-corrected chi connectivity index (χ4v) is 3.10. The Bertz CT molecular complexity index is 1090. The van der Waals surface area contributed by atoms with Crippen LogP contribution in [0, 0.1) is 0 Å². The Morgan fingerprint density at radius 2 is 1.85 bits per heavy atom. The lowest BCUT2D eigenvalue weighted by Gasteiger charge is -2.18. The third-order valence-corrected chi connectivity index (χ3v) is 4.86. The molecule has 1 heterocycles. The van der Waals surface area contributed by atoms with Crippen LogP contribution in [0.2, 0.25) is 0 Å². The van der Waals surface area contributed by atoms with E-state index in [-0.39, 0.29) is 11.7 Å². The van der Waals surface area contributed by atoms with E-state index in [1.54, 1.807) is 43.5 Å². The minimum Gasteiger partial charge on any atom is -0.493 e. The molecule has 0 saturated carbocycles. The van der Waals surface area contributed by atoms with Crippen LogP contribution >= 0.6 is 0 Å². The van der Waals surface area contributed by atoms with Crippen molar-refractivity contribution in [3.63, 3.8) is 0 Å². The maximum Gasteiger partial charge on any atom is 0.268 e. The van der Waals surface area contributed by atoms with Gasteiger partial charge in [0.25, 0.3) is 11.8 Å². The minimum atomic E-state index is -0.451. The molecule has 0 radical (unpaired) electrons. The van der Waals surface area contributed by atoms with Crippen molar-refractivity contribution in [2.45, 2.75) is 26.3 Å². The molecule has 1 unspecified atom stereocenters. The third-order valence-electron chi connectivity index (χ3n) is 4.86. The zero-order chi connectivity index (χ0) is 23.6. The van der Waals surface area contributed by atoms with Crippen LogP contribution in [0.15, 0.2) is 77.0 Å². The fraction of sp³-hybridized carbons (Fsp3) is 0.231. The summed E-state index contributed by atoms with van der Waals surface area (Å²) in [5.74, 6) is 0.838. The number of benzene rings is 2. The maximum atomic E-state index is 13.1. The summed E-state index contributed by atoms with van der Waals surface area (Å²) in [6.07, 6.45) is 3.87. The van der Waals surface area contributed by atoms with E-state index in [4.69, 9.17) is 13.9 Å². The summed E-state index contributed by atoms with van der Waals surface area (Å²) in [5.41, 5.74) is 1.34. The number of furan rings is 1. The van der Waals surface area contributed by atoms with Crippen molar-refractivity contribution >= 4 is 17.9 Å². The van der Waals surface area contributed by atoms with Gasteiger partial charge in [-0.25, -0.2) is 0 Å². The Morgan fingerprint density at radius 3 is 2.52 bits per heavy atom. The van der Waals surface area contributed by atoms with Crippen molar-refractivity contribution in [3.8, 4) is 11.5 Å². The summed E-state index contributed by atoms with van der Waals surface area (Å²) >= 11 is 0. The van der Waals surface area contributed by atoms with Gasteiger partial charge in [0.1, 0.15) is 11.5 Å². The molecule has 1 aromatic heterocycles. The first kappa shape index (κ1) is 23.7. The van der Waals surface area contributed by atoms with Crippen LogP contribution in [0.1, 0.15) is 48.0 Å². The monoisotopic (exact) mass is 448 g/mol. The predicted molar refractivity (Wildman–Crippen MR) is 126 cm³/mol. The zero-order valence-electron chi connectivity index (χ0n) is 19.0. The van der Waals surface area contributed by atoms with E-state index in [0.29, 0.717) is 29.4 Å². The second-order valence-electron chi connectivity index (χ2n) is 7.35. The molecule has 7 heteroatoms. The zero-order valence-corrected chi connectivity index (χ0v) is 19.0. The van der Waals surface area contributed by atoms with Gasteiger partial charge in [-0.05, 0) is 55.3 Å². The summed E-state index contributed by atoms with van der Waals surface area (Å²) in [6.45, 7) is 4.47. The average Bonchev–Trinajstić information content (AvgIpc) is 3.35. The second kappa shape index (κ2) is 11.6. The molecule has 0 aliphatic heterocycles. The van der Waals surface area contributed by atoms with Crippen LogP contribution in [0.4, 0.5) is 0 Å². The van der Waals surface area contributed by atoms with Gasteiger partial charge in [0.05, 0.1) is 26.0 Å². The van der Waals surface area contributed by atoms with Gasteiger partial charge in [-0.3, -0.25) is 9.59 Å². The molecular formula is C26H28N2O5. The molecule has 2 N–H and O–H groups in total. The van der Waals surface area contributed by atoms with E-state index in [0.717, 1.165) is 12.0 Å². The maximum absolute atomic E-state index is 13.1. The highest BCUT2D eigenvalue weighted by atomic mass is 16.5. The standard InChI is InChI=1S/C26H28N2O5/c1-4-14-33-23-13-12-20(16-24(23)31-3)18(2)27-26(30)22(17-21-11-8-15-32-21)28-25(29)19-9-6-5-7-10-19/h5-13,15-18H,4,14H2,1-3H3,(H,27,30)(H,28,29)/b22-17-. The lowest BCUT2D eigenvalue weighted by Crippen LogP contribution is -2.36. The summed E-state index contributed by atoms with van der Waals surface area (Å²) in [4.78, 5) is 25.7. The Morgan fingerprint density at radius 1 is 1.06 bits per heavy atom. The normalized spacial score (nSPS) is 12.0. The lowest BCUT2D eigenvalue weighted by atomic mass is 10.1. The number of methoxy groups -OCH3 is 1. The largest absolute Gasteiger partial charge is 0.493 e. The summed E-state index contributed by atoms with van der Waals surface area (Å²) in [5, 5.41) is 5.61. The van der Waals surface area contributed by atoms with E-state index in [1.807, 2.05) is 38.1 Å². The van der Waals surface area contributed by atoms with Crippen molar-refractivity contribution < 1.29 is 23.5 Å². The van der Waals surface area contributed by atoms with E-state index in [1.165, 1.54) is 12.3 Å². The molecule has 3 aromatic rings. The molecule has 172 valence electrons. The Kier molecular flexibility index (Phi) is 8.30. The summed E-state index contributed by atoms with van der Waals surface area (Å²) < 4.78 is 16.5. The molecule has 2 aromatic carbocycles. The quantitative estimate of drug-likeness (QED) is 0.438. The number of amides is 2. The molecule has 33 heavy (non-hydrogen) atoms. The minimum absolute atomic E-state index is 0.0699.